The van der Waals surface area contributed by atoms with E-state index < -0.39 is 35.6 Å². The predicted octanol–water partition coefficient (Wildman–Crippen LogP) is 1.46. The normalized spacial score (nSPS) is 9.69. The van der Waals surface area contributed by atoms with Crippen molar-refractivity contribution in [2.45, 2.75) is 0 Å². The summed E-state index contributed by atoms with van der Waals surface area (Å²) in [7, 11) is 2.68. The third-order valence-electron chi connectivity index (χ3n) is 14.0. The van der Waals surface area contributed by atoms with Gasteiger partial charge in [0.25, 0.3) is 11.8 Å². The molecule has 0 atom stereocenters. The Balaban J connectivity index is 0. The van der Waals surface area contributed by atoms with Gasteiger partial charge in [-0.15, -0.1) is 0 Å². The maximum absolute atomic E-state index is 11.3. The van der Waals surface area contributed by atoms with E-state index in [2.05, 4.69) is 52.3 Å². The zero-order valence-electron chi connectivity index (χ0n) is 65.3. The molecule has 40 heteroatoms. The van der Waals surface area contributed by atoms with E-state index in [1.807, 2.05) is 0 Å². The quantitative estimate of drug-likeness (QED) is 0.00669. The maximum Gasteiger partial charge on any atom is 1.00 e. The van der Waals surface area contributed by atoms with Crippen molar-refractivity contribution in [2.24, 2.45) is 0 Å². The van der Waals surface area contributed by atoms with Crippen LogP contribution in [0, 0.1) is 0 Å². The topological polar surface area (TPSA) is 510 Å². The molecule has 0 bridgehead atoms. The van der Waals surface area contributed by atoms with Crippen LogP contribution in [0.4, 0.5) is 0 Å². The molecule has 0 heterocycles. The van der Waals surface area contributed by atoms with Gasteiger partial charge in [-0.25, -0.2) is 30.1 Å². The van der Waals surface area contributed by atoms with E-state index >= 15 is 0 Å². The number of carbonyl (C=O) groups is 8. The summed E-state index contributed by atoms with van der Waals surface area (Å²) < 4.78 is 79.6. The Morgan fingerprint density at radius 1 is 0.288 bits per heavy atom. The molecule has 624 valence electrons. The van der Waals surface area contributed by atoms with Crippen LogP contribution in [-0.4, -0.2) is 233 Å². The number of hydrogen-bond acceptors (Lipinski definition) is 28. The number of carboxylic acid groups (broad SMARTS) is 2. The number of hydrogen-bond donors (Lipinski definition) is 8. The average Bonchev–Trinajstić information content (AvgIpc) is 0.902. The summed E-state index contributed by atoms with van der Waals surface area (Å²) in [4.78, 5) is 88.7. The molecule has 0 unspecified atom stereocenters. The molecule has 0 saturated carbocycles. The molecule has 35 nitrogen and oxygen atoms in total. The summed E-state index contributed by atoms with van der Waals surface area (Å²) in [6.45, 7) is 7.30. The number of aromatic carboxylic acids is 2. The van der Waals surface area contributed by atoms with E-state index in [0.29, 0.717) is 174 Å². The number of nitrogens with one attached hydrogen (secondary N) is 2. The summed E-state index contributed by atoms with van der Waals surface area (Å²) >= 11 is 6.48. The molecule has 0 spiro atoms. The second-order valence-electron chi connectivity index (χ2n) is 21.7. The van der Waals surface area contributed by atoms with Crippen LogP contribution in [0.3, 0.4) is 0 Å². The molecular formula is C78H89Br2N4Na3O31. The Labute approximate surface area is 763 Å². The van der Waals surface area contributed by atoms with E-state index in [1.165, 1.54) is 87.0 Å². The van der Waals surface area contributed by atoms with Gasteiger partial charge < -0.3 is 123 Å². The van der Waals surface area contributed by atoms with Gasteiger partial charge in [0.05, 0.1) is 103 Å². The molecule has 8 aromatic carbocycles. The zero-order chi connectivity index (χ0) is 82.1. The zero-order valence-corrected chi connectivity index (χ0v) is 74.5. The molecule has 0 aliphatic heterocycles. The molecule has 0 aliphatic carbocycles. The Morgan fingerprint density at radius 2 is 0.458 bits per heavy atom. The molecule has 118 heavy (non-hydrogen) atoms. The monoisotopic (exact) mass is 1800 g/mol. The van der Waals surface area contributed by atoms with Gasteiger partial charge in [0.2, 0.25) is 0 Å². The molecule has 0 radical (unpaired) electrons. The van der Waals surface area contributed by atoms with Crippen molar-refractivity contribution in [1.82, 2.24) is 11.0 Å². The summed E-state index contributed by atoms with van der Waals surface area (Å²) in [6.07, 6.45) is 0. The molecule has 0 aromatic heterocycles. The molecule has 11 N–H and O–H groups in total. The second-order valence-corrected chi connectivity index (χ2v) is 23.3. The maximum atomic E-state index is 11.3. The summed E-state index contributed by atoms with van der Waals surface area (Å²) in [5, 5.41) is 53.3. The number of nitrogens with zero attached hydrogens (tertiary/aromatic N) is 2. The van der Waals surface area contributed by atoms with Crippen LogP contribution in [0.25, 0.3) is 11.0 Å². The summed E-state index contributed by atoms with van der Waals surface area (Å²) in [6, 6.07) is 50.6. The van der Waals surface area contributed by atoms with Crippen LogP contribution in [0.2, 0.25) is 0 Å². The van der Waals surface area contributed by atoms with Crippen molar-refractivity contribution in [3.8, 4) is 46.0 Å². The van der Waals surface area contributed by atoms with Gasteiger partial charge in [0, 0.05) is 32.9 Å². The number of rotatable bonds is 44. The number of alkyl halides is 2. The Morgan fingerprint density at radius 3 is 0.619 bits per heavy atom. The van der Waals surface area contributed by atoms with Crippen molar-refractivity contribution < 1.29 is 240 Å². The Bertz CT molecular complexity index is 3480. The molecular weight excluding hydrogens is 1720 g/mol. The predicted molar refractivity (Wildman–Crippen MR) is 417 cm³/mol. The van der Waals surface area contributed by atoms with Crippen LogP contribution in [0.1, 0.15) is 82.9 Å². The standard InChI is InChI=1S/C20H22O7.2C18H20N2O7.C18H18O7.C4H8Br2O.3Na.2H2O/c1-23-19(21)15-3-7-17(8-4-15)26-13-11-25-12-14-27-18-9-5-16(6-10-18)20(22)24-2;2*21-17(19-23)13-1-5-15(6-2-13)26-11-9-25-10-12-27-16-7-3-14(4-8-16)18(22)20-24;19-17(20)13-1-5-15(6-2-13)24-11-9-23-10-12-25-16-7-3-14(4-8-16)18(21)22;5-1-3-7-4-2-6;;;;;/h3-10H,11-14H2,1-2H3;1-8H,9-12H2,(H4,19,20,21,22,23,24);1-8,23-24H,9-12H2,(H,19,21)(H,20,22);1-8H,9-12H2,(H,19,20)(H,21,22);1-4H2;;;;2*1H2/q;;;;;3*+1;;/p-3. The molecule has 0 aliphatic rings. The summed E-state index contributed by atoms with van der Waals surface area (Å²) in [5.41, 5.74) is 10.8. The number of benzene rings is 8. The Kier molecular flexibility index (Phi) is 65.4. The van der Waals surface area contributed by atoms with Gasteiger partial charge in [-0.05, 0) is 194 Å². The van der Waals surface area contributed by atoms with E-state index in [4.69, 9.17) is 92.6 Å². The number of halogens is 2. The van der Waals surface area contributed by atoms with Gasteiger partial charge in [0.1, 0.15) is 111 Å². The number of esters is 2. The van der Waals surface area contributed by atoms with Crippen molar-refractivity contribution in [3.63, 3.8) is 0 Å². The first-order valence-electron chi connectivity index (χ1n) is 34.0. The van der Waals surface area contributed by atoms with Crippen LogP contribution in [0.5, 0.6) is 46.0 Å². The second kappa shape index (κ2) is 69.3. The summed E-state index contributed by atoms with van der Waals surface area (Å²) in [5.74, 6) is -0.603. The van der Waals surface area contributed by atoms with Crippen molar-refractivity contribution in [3.05, 3.63) is 250 Å². The number of ether oxygens (including phenoxy) is 15. The van der Waals surface area contributed by atoms with Gasteiger partial charge in [-0.1, -0.05) is 31.9 Å². The fourth-order valence-electron chi connectivity index (χ4n) is 8.40. The third-order valence-corrected chi connectivity index (χ3v) is 14.6. The minimum Gasteiger partial charge on any atom is -0.870 e. The molecule has 0 saturated heterocycles. The van der Waals surface area contributed by atoms with Gasteiger partial charge in [-0.2, -0.15) is 0 Å². The third kappa shape index (κ3) is 47.9. The number of hydroxylamine groups is 4. The van der Waals surface area contributed by atoms with E-state index in [-0.39, 0.29) is 134 Å². The van der Waals surface area contributed by atoms with Crippen molar-refractivity contribution in [2.75, 3.05) is 144 Å². The van der Waals surface area contributed by atoms with Crippen LogP contribution >= 0.6 is 31.9 Å². The molecule has 8 rings (SSSR count). The van der Waals surface area contributed by atoms with E-state index in [1.54, 1.807) is 132 Å². The van der Waals surface area contributed by atoms with Gasteiger partial charge in [-0.3, -0.25) is 20.0 Å². The fourth-order valence-corrected chi connectivity index (χ4v) is 8.86. The first-order chi connectivity index (χ1) is 54.9. The Hall–Kier alpha value is -8.56. The fraction of sp³-hybridized carbons (Fsp3) is 0.282. The number of methoxy groups -OCH3 is 2. The van der Waals surface area contributed by atoms with Crippen LogP contribution in [-0.2, 0) is 33.2 Å². The smallest absolute Gasteiger partial charge is 0.870 e. The van der Waals surface area contributed by atoms with Gasteiger partial charge in [0.15, 0.2) is 0 Å². The number of amides is 4. The van der Waals surface area contributed by atoms with Crippen molar-refractivity contribution >= 4 is 79.4 Å². The van der Waals surface area contributed by atoms with Crippen molar-refractivity contribution in [1.29, 1.82) is 0 Å². The van der Waals surface area contributed by atoms with Gasteiger partial charge >= 0.3 is 113 Å². The number of carbonyl (C=O) groups excluding carboxylic acids is 6. The van der Waals surface area contributed by atoms with E-state index in [9.17, 15) is 38.4 Å². The van der Waals surface area contributed by atoms with Crippen LogP contribution < -0.4 is 138 Å². The van der Waals surface area contributed by atoms with Crippen LogP contribution in [0.15, 0.2) is 194 Å². The van der Waals surface area contributed by atoms with E-state index in [0.717, 1.165) is 23.9 Å². The largest absolute Gasteiger partial charge is 1.00 e. The molecule has 0 fully saturated rings. The SMILES string of the molecule is BrCCOCCBr.COC(=O)c1ccc(OCCOCCOc2ccc(C(=O)OC)cc2)cc1.O.O=C(NO)c1ccc(OCCOCCOc2ccc(C(=O)NO)cc2)cc1.O=C(O)c1ccc(OCCOCCOc2ccc(C(=O)O)cc2)cc1.O=C([N-]O)c1ccc(OCCOCCOc2ccc(C(=O)[N-]O)cc2)cc1.[Na+].[Na+].[Na+].[OH-]. The first kappa shape index (κ1) is 111. The average molecular weight is 1810 g/mol. The first-order valence-corrected chi connectivity index (χ1v) is 36.3. The minimum atomic E-state index is -0.979. The number of carboxylic acids is 2. The molecule has 4 amide bonds. The minimum absolute atomic E-state index is 0. The molecule has 8 aromatic rings.